The zero-order valence-corrected chi connectivity index (χ0v) is 11.9. The molecule has 1 aliphatic carbocycles. The second-order valence-corrected chi connectivity index (χ2v) is 5.37. The predicted molar refractivity (Wildman–Crippen MR) is 70.1 cm³/mol. The SMILES string of the molecule is C[C@H](OC(=O)c1ccc(Br)cc1F)C(=O)NC1CC1. The number of benzene rings is 1. The smallest absolute Gasteiger partial charge is 0.341 e. The topological polar surface area (TPSA) is 55.4 Å². The fraction of sp³-hybridized carbons (Fsp3) is 0.385. The van der Waals surface area contributed by atoms with Crippen LogP contribution in [0.3, 0.4) is 0 Å². The molecule has 1 aromatic carbocycles. The summed E-state index contributed by atoms with van der Waals surface area (Å²) in [5.41, 5.74) is -0.186. The fourth-order valence-corrected chi connectivity index (χ4v) is 1.81. The van der Waals surface area contributed by atoms with E-state index >= 15 is 0 Å². The number of hydrogen-bond acceptors (Lipinski definition) is 3. The number of esters is 1. The van der Waals surface area contributed by atoms with Gasteiger partial charge in [-0.2, -0.15) is 0 Å². The minimum Gasteiger partial charge on any atom is -0.449 e. The van der Waals surface area contributed by atoms with Crippen LogP contribution in [0.25, 0.3) is 0 Å². The fourth-order valence-electron chi connectivity index (χ4n) is 1.48. The molecule has 1 saturated carbocycles. The van der Waals surface area contributed by atoms with Crippen LogP contribution in [0.15, 0.2) is 22.7 Å². The lowest BCUT2D eigenvalue weighted by Crippen LogP contribution is -2.37. The van der Waals surface area contributed by atoms with Crippen LogP contribution in [0, 0.1) is 5.82 Å². The third-order valence-corrected chi connectivity index (χ3v) is 3.22. The summed E-state index contributed by atoms with van der Waals surface area (Å²) in [6, 6.07) is 4.21. The van der Waals surface area contributed by atoms with Crippen molar-refractivity contribution < 1.29 is 18.7 Å². The van der Waals surface area contributed by atoms with Gasteiger partial charge in [-0.05, 0) is 38.0 Å². The Morgan fingerprint density at radius 1 is 1.47 bits per heavy atom. The monoisotopic (exact) mass is 329 g/mol. The first kappa shape index (κ1) is 14.0. The van der Waals surface area contributed by atoms with Crippen molar-refractivity contribution in [2.45, 2.75) is 31.9 Å². The molecule has 1 aliphatic rings. The van der Waals surface area contributed by atoms with Gasteiger partial charge in [-0.3, -0.25) is 4.79 Å². The van der Waals surface area contributed by atoms with Gasteiger partial charge < -0.3 is 10.1 Å². The summed E-state index contributed by atoms with van der Waals surface area (Å²) in [6.45, 7) is 1.46. The van der Waals surface area contributed by atoms with E-state index < -0.39 is 17.9 Å². The molecular weight excluding hydrogens is 317 g/mol. The average Bonchev–Trinajstić information content (AvgIpc) is 3.12. The van der Waals surface area contributed by atoms with Crippen LogP contribution in [-0.4, -0.2) is 24.0 Å². The summed E-state index contributed by atoms with van der Waals surface area (Å²) < 4.78 is 19.0. The van der Waals surface area contributed by atoms with Gasteiger partial charge in [0.05, 0.1) is 5.56 Å². The van der Waals surface area contributed by atoms with Crippen LogP contribution in [0.4, 0.5) is 4.39 Å². The van der Waals surface area contributed by atoms with Crippen molar-refractivity contribution in [3.8, 4) is 0 Å². The molecule has 0 aromatic heterocycles. The third kappa shape index (κ3) is 3.76. The largest absolute Gasteiger partial charge is 0.449 e. The number of carbonyl (C=O) groups excluding carboxylic acids is 2. The molecule has 1 N–H and O–H groups in total. The van der Waals surface area contributed by atoms with Crippen LogP contribution in [0.1, 0.15) is 30.1 Å². The molecule has 0 aliphatic heterocycles. The Balaban J connectivity index is 1.97. The highest BCUT2D eigenvalue weighted by atomic mass is 79.9. The molecule has 2 rings (SSSR count). The van der Waals surface area contributed by atoms with Crippen molar-refractivity contribution in [1.29, 1.82) is 0 Å². The van der Waals surface area contributed by atoms with Gasteiger partial charge in [-0.25, -0.2) is 9.18 Å². The van der Waals surface area contributed by atoms with Crippen LogP contribution in [-0.2, 0) is 9.53 Å². The van der Waals surface area contributed by atoms with E-state index in [-0.39, 0.29) is 17.5 Å². The summed E-state index contributed by atoms with van der Waals surface area (Å²) in [6.07, 6.45) is 0.970. The summed E-state index contributed by atoms with van der Waals surface area (Å²) >= 11 is 3.10. The first-order valence-corrected chi connectivity index (χ1v) is 6.73. The second kappa shape index (κ2) is 5.69. The van der Waals surface area contributed by atoms with Crippen molar-refractivity contribution in [3.05, 3.63) is 34.1 Å². The lowest BCUT2D eigenvalue weighted by Gasteiger charge is -2.13. The first-order valence-electron chi connectivity index (χ1n) is 5.94. The van der Waals surface area contributed by atoms with Gasteiger partial charge >= 0.3 is 5.97 Å². The number of halogens is 2. The molecule has 102 valence electrons. The lowest BCUT2D eigenvalue weighted by molar-refractivity contribution is -0.129. The van der Waals surface area contributed by atoms with Gasteiger partial charge in [-0.15, -0.1) is 0 Å². The van der Waals surface area contributed by atoms with E-state index in [9.17, 15) is 14.0 Å². The maximum atomic E-state index is 13.5. The highest BCUT2D eigenvalue weighted by Gasteiger charge is 2.27. The Hall–Kier alpha value is -1.43. The van der Waals surface area contributed by atoms with Gasteiger partial charge in [-0.1, -0.05) is 15.9 Å². The zero-order chi connectivity index (χ0) is 14.0. The Morgan fingerprint density at radius 2 is 2.16 bits per heavy atom. The molecule has 0 heterocycles. The minimum atomic E-state index is -0.934. The zero-order valence-electron chi connectivity index (χ0n) is 10.3. The van der Waals surface area contributed by atoms with E-state index in [1.54, 1.807) is 0 Å². The van der Waals surface area contributed by atoms with Crippen LogP contribution < -0.4 is 5.32 Å². The molecule has 0 saturated heterocycles. The quantitative estimate of drug-likeness (QED) is 0.863. The average molecular weight is 330 g/mol. The van der Waals surface area contributed by atoms with Crippen LogP contribution in [0.5, 0.6) is 0 Å². The Labute approximate surface area is 118 Å². The van der Waals surface area contributed by atoms with Crippen LogP contribution >= 0.6 is 15.9 Å². The highest BCUT2D eigenvalue weighted by molar-refractivity contribution is 9.10. The molecule has 1 aromatic rings. The van der Waals surface area contributed by atoms with Crippen molar-refractivity contribution in [2.24, 2.45) is 0 Å². The maximum absolute atomic E-state index is 13.5. The van der Waals surface area contributed by atoms with E-state index in [0.717, 1.165) is 12.8 Å². The summed E-state index contributed by atoms with van der Waals surface area (Å²) in [7, 11) is 0. The lowest BCUT2D eigenvalue weighted by atomic mass is 10.2. The number of hydrogen-bond donors (Lipinski definition) is 1. The second-order valence-electron chi connectivity index (χ2n) is 4.45. The Morgan fingerprint density at radius 3 is 2.74 bits per heavy atom. The molecule has 1 fully saturated rings. The van der Waals surface area contributed by atoms with Gasteiger partial charge in [0.2, 0.25) is 0 Å². The Bertz CT molecular complexity index is 517. The van der Waals surface area contributed by atoms with Gasteiger partial charge in [0.25, 0.3) is 5.91 Å². The summed E-state index contributed by atoms with van der Waals surface area (Å²) in [5.74, 6) is -1.88. The van der Waals surface area contributed by atoms with Crippen LogP contribution in [0.2, 0.25) is 0 Å². The van der Waals surface area contributed by atoms with E-state index in [2.05, 4.69) is 21.2 Å². The predicted octanol–water partition coefficient (Wildman–Crippen LogP) is 2.41. The Kier molecular flexibility index (Phi) is 4.19. The standard InChI is InChI=1S/C13H13BrFNO3/c1-7(12(17)16-9-3-4-9)19-13(18)10-5-2-8(14)6-11(10)15/h2,5-7,9H,3-4H2,1H3,(H,16,17)/t7-/m0/s1. The number of amides is 1. The van der Waals surface area contributed by atoms with E-state index in [0.29, 0.717) is 4.47 Å². The minimum absolute atomic E-state index is 0.186. The van der Waals surface area contributed by atoms with E-state index in [1.807, 2.05) is 0 Å². The summed E-state index contributed by atoms with van der Waals surface area (Å²) in [5, 5.41) is 2.72. The maximum Gasteiger partial charge on any atom is 0.341 e. The van der Waals surface area contributed by atoms with Gasteiger partial charge in [0.1, 0.15) is 5.82 Å². The third-order valence-electron chi connectivity index (χ3n) is 2.73. The van der Waals surface area contributed by atoms with E-state index in [1.165, 1.54) is 25.1 Å². The van der Waals surface area contributed by atoms with Crippen molar-refractivity contribution in [3.63, 3.8) is 0 Å². The molecular formula is C13H13BrFNO3. The molecule has 0 radical (unpaired) electrons. The first-order chi connectivity index (χ1) is 8.97. The van der Waals surface area contributed by atoms with Gasteiger partial charge in [0.15, 0.2) is 6.10 Å². The van der Waals surface area contributed by atoms with Crippen molar-refractivity contribution >= 4 is 27.8 Å². The molecule has 19 heavy (non-hydrogen) atoms. The number of carbonyl (C=O) groups is 2. The number of ether oxygens (including phenoxy) is 1. The van der Waals surface area contributed by atoms with Crippen molar-refractivity contribution in [1.82, 2.24) is 5.32 Å². The van der Waals surface area contributed by atoms with E-state index in [4.69, 9.17) is 4.74 Å². The molecule has 0 unspecified atom stereocenters. The summed E-state index contributed by atoms with van der Waals surface area (Å²) in [4.78, 5) is 23.3. The molecule has 1 atom stereocenters. The van der Waals surface area contributed by atoms with Crippen molar-refractivity contribution in [2.75, 3.05) is 0 Å². The molecule has 6 heteroatoms. The number of nitrogens with one attached hydrogen (secondary N) is 1. The molecule has 1 amide bonds. The normalized spacial score (nSPS) is 15.7. The molecule has 0 bridgehead atoms. The highest BCUT2D eigenvalue weighted by Crippen LogP contribution is 2.19. The van der Waals surface area contributed by atoms with Gasteiger partial charge in [0, 0.05) is 10.5 Å². The molecule has 4 nitrogen and oxygen atoms in total. The number of rotatable bonds is 4. The molecule has 0 spiro atoms.